The fraction of sp³-hybridized carbons (Fsp3) is 0.500. The van der Waals surface area contributed by atoms with Crippen LogP contribution in [0.1, 0.15) is 35.7 Å². The third-order valence-electron chi connectivity index (χ3n) is 2.82. The van der Waals surface area contributed by atoms with Gasteiger partial charge in [-0.15, -0.1) is 0 Å². The van der Waals surface area contributed by atoms with Crippen molar-refractivity contribution in [3.8, 4) is 0 Å². The smallest absolute Gasteiger partial charge is 0.251 e. The molecule has 4 nitrogen and oxygen atoms in total. The van der Waals surface area contributed by atoms with E-state index in [4.69, 9.17) is 10.5 Å². The van der Waals surface area contributed by atoms with Crippen molar-refractivity contribution >= 4 is 11.6 Å². The Balaban J connectivity index is 2.42. The number of ether oxygens (including phenoxy) is 1. The average Bonchev–Trinajstić information content (AvgIpc) is 2.39. The summed E-state index contributed by atoms with van der Waals surface area (Å²) >= 11 is 0. The average molecular weight is 268 g/mol. The van der Waals surface area contributed by atoms with Gasteiger partial charge in [0.1, 0.15) is 5.82 Å². The van der Waals surface area contributed by atoms with Gasteiger partial charge in [-0.1, -0.05) is 13.3 Å². The molecule has 0 atom stereocenters. The van der Waals surface area contributed by atoms with Crippen molar-refractivity contribution in [2.24, 2.45) is 0 Å². The molecule has 0 aromatic heterocycles. The Morgan fingerprint density at radius 2 is 2.16 bits per heavy atom. The summed E-state index contributed by atoms with van der Waals surface area (Å²) in [6, 6.07) is 2.67. The van der Waals surface area contributed by atoms with Crippen molar-refractivity contribution in [1.29, 1.82) is 0 Å². The number of carbonyl (C=O) groups excluding carboxylic acids is 1. The van der Waals surface area contributed by atoms with Crippen molar-refractivity contribution in [3.63, 3.8) is 0 Å². The predicted molar refractivity (Wildman–Crippen MR) is 73.6 cm³/mol. The number of rotatable bonds is 7. The highest BCUT2D eigenvalue weighted by Gasteiger charge is 2.10. The molecule has 1 amide bonds. The van der Waals surface area contributed by atoms with Gasteiger partial charge in [0.2, 0.25) is 0 Å². The highest BCUT2D eigenvalue weighted by molar-refractivity contribution is 5.95. The zero-order chi connectivity index (χ0) is 14.3. The first-order valence-electron chi connectivity index (χ1n) is 6.47. The van der Waals surface area contributed by atoms with E-state index >= 15 is 0 Å². The third-order valence-corrected chi connectivity index (χ3v) is 2.82. The van der Waals surface area contributed by atoms with Crippen LogP contribution in [0.25, 0.3) is 0 Å². The Kier molecular flexibility index (Phi) is 6.29. The van der Waals surface area contributed by atoms with Gasteiger partial charge < -0.3 is 15.8 Å². The van der Waals surface area contributed by atoms with E-state index in [-0.39, 0.29) is 17.2 Å². The third kappa shape index (κ3) is 4.87. The summed E-state index contributed by atoms with van der Waals surface area (Å²) in [6.45, 7) is 5.21. The van der Waals surface area contributed by atoms with E-state index in [2.05, 4.69) is 12.2 Å². The molecule has 0 aliphatic rings. The largest absolute Gasteiger partial charge is 0.398 e. The topological polar surface area (TPSA) is 64.3 Å². The summed E-state index contributed by atoms with van der Waals surface area (Å²) in [5, 5.41) is 2.66. The van der Waals surface area contributed by atoms with Gasteiger partial charge in [0.25, 0.3) is 5.91 Å². The monoisotopic (exact) mass is 268 g/mol. The van der Waals surface area contributed by atoms with Gasteiger partial charge in [0.15, 0.2) is 0 Å². The number of carbonyl (C=O) groups is 1. The Hall–Kier alpha value is -1.62. The highest BCUT2D eigenvalue weighted by atomic mass is 19.1. The number of nitrogens with two attached hydrogens (primary N) is 1. The molecule has 1 rings (SSSR count). The minimum absolute atomic E-state index is 0.231. The number of amides is 1. The molecule has 5 heteroatoms. The molecule has 1 aromatic rings. The van der Waals surface area contributed by atoms with E-state index in [9.17, 15) is 9.18 Å². The second kappa shape index (κ2) is 7.74. The standard InChI is InChI=1S/C14H21FN2O2/c1-3-4-6-19-7-5-17-14(18)11-8-12(15)10(2)13(16)9-11/h8-9H,3-7,16H2,1-2H3,(H,17,18). The second-order valence-electron chi connectivity index (χ2n) is 4.39. The van der Waals surface area contributed by atoms with Crippen LogP contribution in [0, 0.1) is 12.7 Å². The van der Waals surface area contributed by atoms with E-state index < -0.39 is 5.82 Å². The summed E-state index contributed by atoms with van der Waals surface area (Å²) in [5.74, 6) is -0.811. The molecular weight excluding hydrogens is 247 g/mol. The van der Waals surface area contributed by atoms with Crippen molar-refractivity contribution in [2.45, 2.75) is 26.7 Å². The van der Waals surface area contributed by atoms with Gasteiger partial charge in [0.05, 0.1) is 6.61 Å². The molecule has 0 bridgehead atoms. The first-order chi connectivity index (χ1) is 9.06. The molecule has 19 heavy (non-hydrogen) atoms. The number of hydrogen-bond acceptors (Lipinski definition) is 3. The van der Waals surface area contributed by atoms with Crippen LogP contribution in [-0.4, -0.2) is 25.7 Å². The molecule has 0 unspecified atom stereocenters. The van der Waals surface area contributed by atoms with Crippen molar-refractivity contribution in [1.82, 2.24) is 5.32 Å². The molecule has 3 N–H and O–H groups in total. The molecule has 0 heterocycles. The van der Waals surface area contributed by atoms with Crippen LogP contribution in [0.5, 0.6) is 0 Å². The minimum atomic E-state index is -0.468. The molecule has 0 fully saturated rings. The lowest BCUT2D eigenvalue weighted by Crippen LogP contribution is -2.27. The minimum Gasteiger partial charge on any atom is -0.398 e. The molecular formula is C14H21FN2O2. The van der Waals surface area contributed by atoms with E-state index in [1.165, 1.54) is 12.1 Å². The Bertz CT molecular complexity index is 412. The highest BCUT2D eigenvalue weighted by Crippen LogP contribution is 2.17. The lowest BCUT2D eigenvalue weighted by atomic mass is 10.1. The van der Waals surface area contributed by atoms with Crippen molar-refractivity contribution < 1.29 is 13.9 Å². The van der Waals surface area contributed by atoms with E-state index in [1.807, 2.05) is 0 Å². The maximum Gasteiger partial charge on any atom is 0.251 e. The maximum absolute atomic E-state index is 13.4. The lowest BCUT2D eigenvalue weighted by Gasteiger charge is -2.08. The number of halogens is 1. The first kappa shape index (κ1) is 15.4. The fourth-order valence-corrected chi connectivity index (χ4v) is 1.52. The lowest BCUT2D eigenvalue weighted by molar-refractivity contribution is 0.0912. The van der Waals surface area contributed by atoms with Gasteiger partial charge >= 0.3 is 0 Å². The molecule has 0 radical (unpaired) electrons. The zero-order valence-electron chi connectivity index (χ0n) is 11.5. The molecule has 106 valence electrons. The summed E-state index contributed by atoms with van der Waals surface area (Å²) < 4.78 is 18.8. The number of benzene rings is 1. The second-order valence-corrected chi connectivity index (χ2v) is 4.39. The van der Waals surface area contributed by atoms with Gasteiger partial charge in [0, 0.05) is 30.0 Å². The van der Waals surface area contributed by atoms with Crippen molar-refractivity contribution in [3.05, 3.63) is 29.1 Å². The van der Waals surface area contributed by atoms with Crippen molar-refractivity contribution in [2.75, 3.05) is 25.5 Å². The number of nitrogen functional groups attached to an aromatic ring is 1. The SMILES string of the molecule is CCCCOCCNC(=O)c1cc(N)c(C)c(F)c1. The summed E-state index contributed by atoms with van der Waals surface area (Å²) in [6.07, 6.45) is 2.09. The quantitative estimate of drug-likeness (QED) is 0.589. The molecule has 0 aliphatic carbocycles. The molecule has 1 aromatic carbocycles. The van der Waals surface area contributed by atoms with Crippen LogP contribution in [0.15, 0.2) is 12.1 Å². The van der Waals surface area contributed by atoms with E-state index in [0.717, 1.165) is 12.8 Å². The van der Waals surface area contributed by atoms with Gasteiger partial charge in [-0.3, -0.25) is 4.79 Å². The normalized spacial score (nSPS) is 10.5. The number of nitrogens with one attached hydrogen (secondary N) is 1. The van der Waals surface area contributed by atoms with Crippen LogP contribution in [0.4, 0.5) is 10.1 Å². The number of unbranched alkanes of at least 4 members (excludes halogenated alkanes) is 1. The van der Waals surface area contributed by atoms with Gasteiger partial charge in [-0.25, -0.2) is 4.39 Å². The van der Waals surface area contributed by atoms with Crippen LogP contribution in [0.2, 0.25) is 0 Å². The van der Waals surface area contributed by atoms with Gasteiger partial charge in [-0.05, 0) is 25.5 Å². The van der Waals surface area contributed by atoms with Crippen LogP contribution >= 0.6 is 0 Å². The Morgan fingerprint density at radius 1 is 1.42 bits per heavy atom. The van der Waals surface area contributed by atoms with E-state index in [1.54, 1.807) is 6.92 Å². The molecule has 0 spiro atoms. The number of hydrogen-bond donors (Lipinski definition) is 2. The molecule has 0 aliphatic heterocycles. The summed E-state index contributed by atoms with van der Waals surface area (Å²) in [5.41, 5.74) is 6.50. The Morgan fingerprint density at radius 3 is 2.79 bits per heavy atom. The maximum atomic E-state index is 13.4. The predicted octanol–water partition coefficient (Wildman–Crippen LogP) is 2.26. The van der Waals surface area contributed by atoms with E-state index in [0.29, 0.717) is 25.3 Å². The first-order valence-corrected chi connectivity index (χ1v) is 6.47. The molecule has 0 saturated carbocycles. The Labute approximate surface area is 113 Å². The summed E-state index contributed by atoms with van der Waals surface area (Å²) in [7, 11) is 0. The molecule has 0 saturated heterocycles. The van der Waals surface area contributed by atoms with Crippen LogP contribution < -0.4 is 11.1 Å². The summed E-state index contributed by atoms with van der Waals surface area (Å²) in [4.78, 5) is 11.8. The van der Waals surface area contributed by atoms with Gasteiger partial charge in [-0.2, -0.15) is 0 Å². The van der Waals surface area contributed by atoms with Crippen LogP contribution in [0.3, 0.4) is 0 Å². The zero-order valence-corrected chi connectivity index (χ0v) is 11.5. The number of anilines is 1. The fourth-order valence-electron chi connectivity index (χ4n) is 1.52. The van der Waals surface area contributed by atoms with Crippen LogP contribution in [-0.2, 0) is 4.74 Å².